The number of amides is 1. The molecular formula is C28H23FN4O2S. The Morgan fingerprint density at radius 1 is 0.972 bits per heavy atom. The number of benzene rings is 3. The lowest BCUT2D eigenvalue weighted by molar-refractivity contribution is 0.0947. The van der Waals surface area contributed by atoms with Crippen molar-refractivity contribution in [2.24, 2.45) is 0 Å². The summed E-state index contributed by atoms with van der Waals surface area (Å²) in [7, 11) is 0. The normalized spacial score (nSPS) is 10.9. The van der Waals surface area contributed by atoms with Gasteiger partial charge in [0, 0.05) is 22.6 Å². The summed E-state index contributed by atoms with van der Waals surface area (Å²) >= 11 is 1.46. The van der Waals surface area contributed by atoms with E-state index in [1.807, 2.05) is 60.0 Å². The second kappa shape index (κ2) is 10.6. The molecule has 0 saturated heterocycles. The summed E-state index contributed by atoms with van der Waals surface area (Å²) in [6.45, 7) is 2.34. The first kappa shape index (κ1) is 23.6. The molecule has 0 radical (unpaired) electrons. The number of nitrogens with zero attached hydrogens (tertiary/aromatic N) is 3. The Kier molecular flexibility index (Phi) is 6.95. The van der Waals surface area contributed by atoms with Gasteiger partial charge >= 0.3 is 0 Å². The third kappa shape index (κ3) is 5.23. The van der Waals surface area contributed by atoms with Crippen molar-refractivity contribution in [1.82, 2.24) is 20.1 Å². The maximum atomic E-state index is 13.6. The van der Waals surface area contributed by atoms with Crippen LogP contribution in [0.2, 0.25) is 0 Å². The molecule has 2 heterocycles. The molecule has 0 spiro atoms. The molecule has 1 N–H and O–H groups in total. The Morgan fingerprint density at radius 3 is 2.50 bits per heavy atom. The molecule has 0 saturated carbocycles. The van der Waals surface area contributed by atoms with Crippen molar-refractivity contribution >= 4 is 17.7 Å². The Hall–Kier alpha value is -4.17. The minimum Gasteiger partial charge on any atom is -0.467 e. The summed E-state index contributed by atoms with van der Waals surface area (Å²) in [5.74, 6) is 1.35. The van der Waals surface area contributed by atoms with Crippen molar-refractivity contribution in [3.8, 4) is 17.1 Å². The van der Waals surface area contributed by atoms with Gasteiger partial charge in [0.25, 0.3) is 5.91 Å². The second-order valence-corrected chi connectivity index (χ2v) is 9.13. The van der Waals surface area contributed by atoms with Crippen LogP contribution >= 0.6 is 11.8 Å². The number of carbonyl (C=O) groups excluding carboxylic acids is 1. The van der Waals surface area contributed by atoms with Crippen molar-refractivity contribution in [2.45, 2.75) is 24.4 Å². The van der Waals surface area contributed by atoms with Crippen LogP contribution in [-0.2, 0) is 12.3 Å². The van der Waals surface area contributed by atoms with E-state index in [-0.39, 0.29) is 11.7 Å². The van der Waals surface area contributed by atoms with Crippen LogP contribution in [0.5, 0.6) is 0 Å². The van der Waals surface area contributed by atoms with Crippen molar-refractivity contribution in [2.75, 3.05) is 0 Å². The molecule has 8 heteroatoms. The highest BCUT2D eigenvalue weighted by molar-refractivity contribution is 7.98. The number of aromatic nitrogens is 3. The summed E-state index contributed by atoms with van der Waals surface area (Å²) < 4.78 is 20.9. The fourth-order valence-electron chi connectivity index (χ4n) is 3.76. The van der Waals surface area contributed by atoms with E-state index in [0.29, 0.717) is 34.6 Å². The minimum atomic E-state index is -0.313. The molecule has 36 heavy (non-hydrogen) atoms. The van der Waals surface area contributed by atoms with Gasteiger partial charge in [-0.1, -0.05) is 59.8 Å². The zero-order valence-corrected chi connectivity index (χ0v) is 20.3. The molecule has 0 aliphatic rings. The van der Waals surface area contributed by atoms with Crippen molar-refractivity contribution in [3.63, 3.8) is 0 Å². The lowest BCUT2D eigenvalue weighted by Crippen LogP contribution is -2.23. The van der Waals surface area contributed by atoms with Gasteiger partial charge in [-0.15, -0.1) is 10.2 Å². The molecule has 3 aromatic carbocycles. The smallest absolute Gasteiger partial charge is 0.251 e. The average Bonchev–Trinajstić information content (AvgIpc) is 3.57. The Bertz CT molecular complexity index is 1460. The summed E-state index contributed by atoms with van der Waals surface area (Å²) in [6.07, 6.45) is 1.58. The Morgan fingerprint density at radius 2 is 1.75 bits per heavy atom. The summed E-state index contributed by atoms with van der Waals surface area (Å²) in [5.41, 5.74) is 4.25. The topological polar surface area (TPSA) is 73.0 Å². The van der Waals surface area contributed by atoms with Gasteiger partial charge in [-0.3, -0.25) is 9.36 Å². The van der Waals surface area contributed by atoms with Crippen LogP contribution in [0.4, 0.5) is 4.39 Å². The number of aryl methyl sites for hydroxylation is 1. The number of rotatable bonds is 8. The molecule has 0 unspecified atom stereocenters. The van der Waals surface area contributed by atoms with E-state index in [9.17, 15) is 9.18 Å². The second-order valence-electron chi connectivity index (χ2n) is 8.19. The van der Waals surface area contributed by atoms with E-state index in [0.717, 1.165) is 22.4 Å². The fraction of sp³-hybridized carbons (Fsp3) is 0.107. The number of furan rings is 1. The van der Waals surface area contributed by atoms with E-state index >= 15 is 0 Å². The van der Waals surface area contributed by atoms with Gasteiger partial charge in [-0.25, -0.2) is 4.39 Å². The lowest BCUT2D eigenvalue weighted by Gasteiger charge is -2.12. The Labute approximate surface area is 212 Å². The third-order valence-electron chi connectivity index (χ3n) is 5.65. The minimum absolute atomic E-state index is 0.178. The summed E-state index contributed by atoms with van der Waals surface area (Å²) in [4.78, 5) is 12.9. The standard InChI is InChI=1S/C28H23FN4O2S/c1-19-8-10-20(11-9-19)26-31-32-28(33(26)23-14-12-22(29)13-15-23)36-18-21-5-2-3-7-25(21)27(34)30-17-24-6-4-16-35-24/h2-16H,17-18H2,1H3,(H,30,34). The molecule has 5 rings (SSSR count). The highest BCUT2D eigenvalue weighted by Gasteiger charge is 2.18. The van der Waals surface area contributed by atoms with Crippen LogP contribution in [0.15, 0.2) is 101 Å². The number of halogens is 1. The van der Waals surface area contributed by atoms with Gasteiger partial charge in [-0.2, -0.15) is 0 Å². The zero-order chi connectivity index (χ0) is 24.9. The first-order valence-corrected chi connectivity index (χ1v) is 12.4. The van der Waals surface area contributed by atoms with Gasteiger partial charge < -0.3 is 9.73 Å². The highest BCUT2D eigenvalue weighted by atomic mass is 32.2. The average molecular weight is 499 g/mol. The summed E-state index contributed by atoms with van der Waals surface area (Å²) in [5, 5.41) is 12.4. The number of thioether (sulfide) groups is 1. The van der Waals surface area contributed by atoms with E-state index < -0.39 is 0 Å². The van der Waals surface area contributed by atoms with Crippen LogP contribution < -0.4 is 5.32 Å². The SMILES string of the molecule is Cc1ccc(-c2nnc(SCc3ccccc3C(=O)NCc3ccco3)n2-c2ccc(F)cc2)cc1. The zero-order valence-electron chi connectivity index (χ0n) is 19.5. The molecular weight excluding hydrogens is 475 g/mol. The maximum Gasteiger partial charge on any atom is 0.251 e. The first-order chi connectivity index (χ1) is 17.6. The number of hydrogen-bond acceptors (Lipinski definition) is 5. The number of hydrogen-bond donors (Lipinski definition) is 1. The van der Waals surface area contributed by atoms with E-state index in [1.165, 1.54) is 23.9 Å². The van der Waals surface area contributed by atoms with Crippen molar-refractivity contribution in [1.29, 1.82) is 0 Å². The largest absolute Gasteiger partial charge is 0.467 e. The monoisotopic (exact) mass is 498 g/mol. The molecule has 6 nitrogen and oxygen atoms in total. The van der Waals surface area contributed by atoms with Gasteiger partial charge in [-0.05, 0) is 55.0 Å². The molecule has 0 fully saturated rings. The Balaban J connectivity index is 1.42. The molecule has 180 valence electrons. The first-order valence-electron chi connectivity index (χ1n) is 11.4. The fourth-order valence-corrected chi connectivity index (χ4v) is 4.72. The van der Waals surface area contributed by atoms with Gasteiger partial charge in [0.15, 0.2) is 11.0 Å². The molecule has 2 aromatic heterocycles. The molecule has 0 aliphatic heterocycles. The van der Waals surface area contributed by atoms with E-state index in [1.54, 1.807) is 30.5 Å². The quantitative estimate of drug-likeness (QED) is 0.258. The van der Waals surface area contributed by atoms with E-state index in [2.05, 4.69) is 15.5 Å². The third-order valence-corrected chi connectivity index (χ3v) is 6.63. The predicted octanol–water partition coefficient (Wildman–Crippen LogP) is 6.20. The molecule has 1 amide bonds. The number of nitrogens with one attached hydrogen (secondary N) is 1. The molecule has 0 aliphatic carbocycles. The lowest BCUT2D eigenvalue weighted by atomic mass is 10.1. The predicted molar refractivity (Wildman–Crippen MR) is 137 cm³/mol. The van der Waals surface area contributed by atoms with Crippen LogP contribution in [0.25, 0.3) is 17.1 Å². The summed E-state index contributed by atoms with van der Waals surface area (Å²) in [6, 6.07) is 25.3. The van der Waals surface area contributed by atoms with E-state index in [4.69, 9.17) is 4.42 Å². The number of carbonyl (C=O) groups is 1. The highest BCUT2D eigenvalue weighted by Crippen LogP contribution is 2.30. The maximum absolute atomic E-state index is 13.6. The van der Waals surface area contributed by atoms with Gasteiger partial charge in [0.2, 0.25) is 0 Å². The van der Waals surface area contributed by atoms with Crippen molar-refractivity contribution < 1.29 is 13.6 Å². The van der Waals surface area contributed by atoms with Crippen LogP contribution in [0.1, 0.15) is 27.2 Å². The van der Waals surface area contributed by atoms with Crippen molar-refractivity contribution in [3.05, 3.63) is 119 Å². The molecule has 0 bridgehead atoms. The van der Waals surface area contributed by atoms with Crippen LogP contribution in [-0.4, -0.2) is 20.7 Å². The van der Waals surface area contributed by atoms with Crippen LogP contribution in [0.3, 0.4) is 0 Å². The molecule has 0 atom stereocenters. The van der Waals surface area contributed by atoms with Gasteiger partial charge in [0.05, 0.1) is 12.8 Å². The van der Waals surface area contributed by atoms with Gasteiger partial charge in [0.1, 0.15) is 11.6 Å². The van der Waals surface area contributed by atoms with Crippen LogP contribution in [0, 0.1) is 12.7 Å². The molecule has 5 aromatic rings.